The molecular weight excluding hydrogens is 167 g/mol. The zero-order valence-corrected chi connectivity index (χ0v) is 7.40. The average Bonchev–Trinajstić information content (AvgIpc) is 1.36. The van der Waals surface area contributed by atoms with Crippen molar-refractivity contribution in [2.75, 3.05) is 0 Å². The van der Waals surface area contributed by atoms with E-state index in [-0.39, 0.29) is 38.6 Å². The molecule has 0 saturated carbocycles. The zero-order chi connectivity index (χ0) is 5.15. The summed E-state index contributed by atoms with van der Waals surface area (Å²) >= 11 is 0. The molecule has 0 saturated heterocycles. The predicted octanol–water partition coefficient (Wildman–Crippen LogP) is 0.0835. The summed E-state index contributed by atoms with van der Waals surface area (Å²) in [4.78, 5) is 9.88. The van der Waals surface area contributed by atoms with Crippen LogP contribution in [0.5, 0.6) is 0 Å². The summed E-state index contributed by atoms with van der Waals surface area (Å²) in [6, 6.07) is 0. The summed E-state index contributed by atoms with van der Waals surface area (Å²) in [6.07, 6.45) is 0. The Kier molecular flexibility index (Phi) is 6.85. The van der Waals surface area contributed by atoms with Crippen LogP contribution in [0.1, 0.15) is 13.8 Å². The van der Waals surface area contributed by atoms with E-state index < -0.39 is 0 Å². The van der Waals surface area contributed by atoms with E-state index in [0.29, 0.717) is 5.92 Å². The minimum absolute atomic E-state index is 0. The average molecular weight is 175 g/mol. The van der Waals surface area contributed by atoms with Crippen LogP contribution in [-0.2, 0) is 37.5 Å². The van der Waals surface area contributed by atoms with Gasteiger partial charge in [0.2, 0.25) is 0 Å². The SMILES string of the molecule is C[C-](C)C(N)=O.[Y]. The maximum Gasteiger partial charge on any atom is 0.0820 e. The predicted molar refractivity (Wildman–Crippen MR) is 23.8 cm³/mol. The van der Waals surface area contributed by atoms with Crippen LogP contribution in [0, 0.1) is 5.92 Å². The fraction of sp³-hybridized carbons (Fsp3) is 0.500. The second-order valence-corrected chi connectivity index (χ2v) is 1.36. The van der Waals surface area contributed by atoms with Crippen LogP contribution in [0.4, 0.5) is 0 Å². The largest absolute Gasteiger partial charge is 0.394 e. The molecule has 0 aliphatic carbocycles. The third kappa shape index (κ3) is 6.44. The standard InChI is InChI=1S/C4H8NO.Y/c1-3(2)4(5)6;/h1-2H3,(H2,5,6);/q-1;. The molecule has 0 rings (SSSR count). The van der Waals surface area contributed by atoms with E-state index in [0.717, 1.165) is 0 Å². The molecule has 0 aromatic carbocycles. The van der Waals surface area contributed by atoms with Gasteiger partial charge in [0.1, 0.15) is 0 Å². The summed E-state index contributed by atoms with van der Waals surface area (Å²) in [7, 11) is 0. The number of rotatable bonds is 1. The molecule has 0 heterocycles. The van der Waals surface area contributed by atoms with Gasteiger partial charge in [0.05, 0.1) is 5.91 Å². The van der Waals surface area contributed by atoms with Crippen LogP contribution in [0.25, 0.3) is 0 Å². The van der Waals surface area contributed by atoms with E-state index in [1.165, 1.54) is 0 Å². The maximum atomic E-state index is 9.88. The van der Waals surface area contributed by atoms with E-state index in [9.17, 15) is 4.79 Å². The van der Waals surface area contributed by atoms with Crippen molar-refractivity contribution in [1.29, 1.82) is 0 Å². The Morgan fingerprint density at radius 1 is 1.57 bits per heavy atom. The van der Waals surface area contributed by atoms with Crippen molar-refractivity contribution in [3.05, 3.63) is 5.92 Å². The molecule has 0 bridgehead atoms. The van der Waals surface area contributed by atoms with E-state index in [1.807, 2.05) is 0 Å². The van der Waals surface area contributed by atoms with E-state index >= 15 is 0 Å². The van der Waals surface area contributed by atoms with Crippen molar-refractivity contribution in [3.63, 3.8) is 0 Å². The van der Waals surface area contributed by atoms with Crippen molar-refractivity contribution in [3.8, 4) is 0 Å². The number of hydrogen-bond acceptors (Lipinski definition) is 1. The molecule has 0 spiro atoms. The van der Waals surface area contributed by atoms with Gasteiger partial charge in [0.25, 0.3) is 0 Å². The molecule has 1 radical (unpaired) electrons. The number of amides is 1. The van der Waals surface area contributed by atoms with Crippen LogP contribution < -0.4 is 5.73 Å². The van der Waals surface area contributed by atoms with Gasteiger partial charge in [-0.1, -0.05) is 0 Å². The second kappa shape index (κ2) is 4.60. The molecule has 2 nitrogen and oxygen atoms in total. The molecule has 0 fully saturated rings. The molecular formula is C4H8NOY-. The summed E-state index contributed by atoms with van der Waals surface area (Å²) in [5, 5.41) is 0. The van der Waals surface area contributed by atoms with E-state index in [1.54, 1.807) is 13.8 Å². The fourth-order valence-corrected chi connectivity index (χ4v) is 0. The molecule has 39 valence electrons. The van der Waals surface area contributed by atoms with Gasteiger partial charge in [-0.15, -0.1) is 0 Å². The van der Waals surface area contributed by atoms with Crippen molar-refractivity contribution in [1.82, 2.24) is 0 Å². The number of hydrogen-bond donors (Lipinski definition) is 1. The van der Waals surface area contributed by atoms with E-state index in [4.69, 9.17) is 5.73 Å². The Labute approximate surface area is 68.7 Å². The van der Waals surface area contributed by atoms with Crippen LogP contribution >= 0.6 is 0 Å². The molecule has 7 heavy (non-hydrogen) atoms. The van der Waals surface area contributed by atoms with Gasteiger partial charge in [-0.3, -0.25) is 5.92 Å². The number of primary amides is 1. The van der Waals surface area contributed by atoms with Crippen LogP contribution in [-0.4, -0.2) is 5.91 Å². The normalized spacial score (nSPS) is 6.57. The number of carbonyl (C=O) groups is 1. The van der Waals surface area contributed by atoms with Crippen LogP contribution in [0.3, 0.4) is 0 Å². The minimum atomic E-state index is -0.324. The first-order valence-electron chi connectivity index (χ1n) is 1.74. The molecule has 0 unspecified atom stereocenters. The third-order valence-corrected chi connectivity index (χ3v) is 0.493. The van der Waals surface area contributed by atoms with Crippen LogP contribution in [0.2, 0.25) is 0 Å². The smallest absolute Gasteiger partial charge is 0.0820 e. The summed E-state index contributed by atoms with van der Waals surface area (Å²) in [6.45, 7) is 3.37. The zero-order valence-electron chi connectivity index (χ0n) is 4.56. The van der Waals surface area contributed by atoms with Crippen molar-refractivity contribution < 1.29 is 37.5 Å². The van der Waals surface area contributed by atoms with Gasteiger partial charge in [0.15, 0.2) is 0 Å². The number of nitrogens with two attached hydrogens (primary N) is 1. The molecule has 0 aromatic rings. The van der Waals surface area contributed by atoms with Crippen molar-refractivity contribution in [2.24, 2.45) is 5.73 Å². The molecule has 0 aromatic heterocycles. The Morgan fingerprint density at radius 3 is 1.71 bits per heavy atom. The fourth-order valence-electron chi connectivity index (χ4n) is 0. The first kappa shape index (κ1) is 10.4. The summed E-state index contributed by atoms with van der Waals surface area (Å²) < 4.78 is 0. The maximum absolute atomic E-state index is 9.88. The Hall–Kier alpha value is 0.444. The van der Waals surface area contributed by atoms with E-state index in [2.05, 4.69) is 0 Å². The van der Waals surface area contributed by atoms with Crippen LogP contribution in [0.15, 0.2) is 0 Å². The summed E-state index contributed by atoms with van der Waals surface area (Å²) in [5.41, 5.74) is 4.76. The Morgan fingerprint density at radius 2 is 1.71 bits per heavy atom. The van der Waals surface area contributed by atoms with Gasteiger partial charge < -0.3 is 10.5 Å². The van der Waals surface area contributed by atoms with Gasteiger partial charge >= 0.3 is 0 Å². The Balaban J connectivity index is 0. The van der Waals surface area contributed by atoms with Gasteiger partial charge in [-0.2, -0.15) is 13.8 Å². The minimum Gasteiger partial charge on any atom is -0.394 e. The molecule has 3 heteroatoms. The second-order valence-electron chi connectivity index (χ2n) is 1.36. The first-order chi connectivity index (χ1) is 2.64. The topological polar surface area (TPSA) is 43.1 Å². The Bertz CT molecular complexity index is 62.7. The van der Waals surface area contributed by atoms with Crippen molar-refractivity contribution >= 4 is 5.91 Å². The van der Waals surface area contributed by atoms with Gasteiger partial charge in [-0.05, 0) is 0 Å². The molecule has 2 N–H and O–H groups in total. The first-order valence-corrected chi connectivity index (χ1v) is 1.74. The molecule has 1 amide bonds. The molecule has 0 aliphatic rings. The summed E-state index contributed by atoms with van der Waals surface area (Å²) in [5.74, 6) is 0.324. The molecule has 0 atom stereocenters. The van der Waals surface area contributed by atoms with Gasteiger partial charge in [-0.25, -0.2) is 0 Å². The van der Waals surface area contributed by atoms with Crippen molar-refractivity contribution in [2.45, 2.75) is 13.8 Å². The quantitative estimate of drug-likeness (QED) is 0.563. The third-order valence-electron chi connectivity index (χ3n) is 0.493. The molecule has 0 aliphatic heterocycles. The van der Waals surface area contributed by atoms with Gasteiger partial charge in [0, 0.05) is 32.7 Å². The number of carbonyl (C=O) groups excluding carboxylic acids is 1. The monoisotopic (exact) mass is 175 g/mol.